The van der Waals surface area contributed by atoms with Crippen molar-refractivity contribution in [3.05, 3.63) is 99.6 Å². The molecule has 0 bridgehead atoms. The number of halogens is 1. The van der Waals surface area contributed by atoms with E-state index in [-0.39, 0.29) is 23.4 Å². The van der Waals surface area contributed by atoms with Crippen molar-refractivity contribution in [2.75, 3.05) is 4.90 Å². The molecule has 1 saturated heterocycles. The van der Waals surface area contributed by atoms with Crippen LogP contribution in [0.4, 0.5) is 10.5 Å². The van der Waals surface area contributed by atoms with Crippen molar-refractivity contribution >= 4 is 47.2 Å². The first-order valence-corrected chi connectivity index (χ1v) is 10.8. The fraction of sp³-hybridized carbons (Fsp3) is 0.0769. The molecular weight excluding hydrogens is 472 g/mol. The molecule has 3 aromatic rings. The van der Waals surface area contributed by atoms with Crippen LogP contribution in [0.15, 0.2) is 72.3 Å². The number of barbiturate groups is 1. The molecule has 0 radical (unpaired) electrons. The van der Waals surface area contributed by atoms with Crippen molar-refractivity contribution in [3.8, 4) is 5.75 Å². The number of amides is 4. The van der Waals surface area contributed by atoms with Gasteiger partial charge in [0.05, 0.1) is 11.3 Å². The third-order valence-corrected chi connectivity index (χ3v) is 5.72. The number of carbonyl (C=O) groups excluding carboxylic acids is 3. The van der Waals surface area contributed by atoms with E-state index in [9.17, 15) is 19.2 Å². The smallest absolute Gasteiger partial charge is 0.335 e. The van der Waals surface area contributed by atoms with Crippen molar-refractivity contribution in [2.24, 2.45) is 0 Å². The zero-order valence-corrected chi connectivity index (χ0v) is 19.2. The molecule has 0 saturated carbocycles. The molecule has 4 rings (SSSR count). The summed E-state index contributed by atoms with van der Waals surface area (Å²) in [5.74, 6) is -2.01. The fourth-order valence-corrected chi connectivity index (χ4v) is 3.52. The number of hydrogen-bond acceptors (Lipinski definition) is 5. The van der Waals surface area contributed by atoms with Crippen LogP contribution in [-0.2, 0) is 16.2 Å². The zero-order valence-electron chi connectivity index (χ0n) is 18.4. The number of carboxylic acids is 1. The quantitative estimate of drug-likeness (QED) is 0.386. The summed E-state index contributed by atoms with van der Waals surface area (Å²) in [4.78, 5) is 49.5. The van der Waals surface area contributed by atoms with Crippen LogP contribution in [0.2, 0.25) is 5.02 Å². The molecule has 1 fully saturated rings. The summed E-state index contributed by atoms with van der Waals surface area (Å²) >= 11 is 6.14. The van der Waals surface area contributed by atoms with Crippen molar-refractivity contribution in [3.63, 3.8) is 0 Å². The number of nitrogens with one attached hydrogen (secondary N) is 1. The number of carbonyl (C=O) groups is 4. The molecule has 0 aliphatic carbocycles. The third kappa shape index (κ3) is 5.23. The summed E-state index contributed by atoms with van der Waals surface area (Å²) in [6.45, 7) is 2.03. The predicted molar refractivity (Wildman–Crippen MR) is 129 cm³/mol. The molecule has 2 N–H and O–H groups in total. The Morgan fingerprint density at radius 3 is 2.34 bits per heavy atom. The standard InChI is InChI=1S/C26H19ClN2O6/c1-15-2-9-19(13-22(15)27)29-24(31)21(23(30)28-26(29)34)12-16-5-10-20(11-6-16)35-14-17-3-7-18(8-4-17)25(32)33/h2-13H,14H2,1H3,(H,32,33)(H,28,30,34)/b21-12+. The van der Waals surface area contributed by atoms with Crippen LogP contribution in [-0.4, -0.2) is 28.9 Å². The van der Waals surface area contributed by atoms with Crippen molar-refractivity contribution < 1.29 is 29.0 Å². The Balaban J connectivity index is 1.49. The Bertz CT molecular complexity index is 1360. The van der Waals surface area contributed by atoms with Gasteiger partial charge >= 0.3 is 12.0 Å². The average Bonchev–Trinajstić information content (AvgIpc) is 2.83. The largest absolute Gasteiger partial charge is 0.489 e. The van der Waals surface area contributed by atoms with E-state index in [1.807, 2.05) is 0 Å². The molecule has 176 valence electrons. The molecule has 1 aliphatic rings. The number of anilines is 1. The Labute approximate surface area is 205 Å². The lowest BCUT2D eigenvalue weighted by atomic mass is 10.1. The van der Waals surface area contributed by atoms with Gasteiger partial charge in [-0.3, -0.25) is 14.9 Å². The number of carboxylic acid groups (broad SMARTS) is 1. The molecule has 1 aliphatic heterocycles. The van der Waals surface area contributed by atoms with E-state index >= 15 is 0 Å². The number of aromatic carboxylic acids is 1. The summed E-state index contributed by atoms with van der Waals surface area (Å²) in [6.07, 6.45) is 1.39. The normalized spacial score (nSPS) is 14.7. The van der Waals surface area contributed by atoms with Gasteiger partial charge in [-0.15, -0.1) is 0 Å². The van der Waals surface area contributed by atoms with Crippen LogP contribution in [0.25, 0.3) is 6.08 Å². The molecule has 3 aromatic carbocycles. The number of ether oxygens (including phenoxy) is 1. The lowest BCUT2D eigenvalue weighted by Gasteiger charge is -2.26. The number of urea groups is 1. The first-order chi connectivity index (χ1) is 16.7. The van der Waals surface area contributed by atoms with Gasteiger partial charge in [0.25, 0.3) is 11.8 Å². The Hall–Kier alpha value is -4.43. The van der Waals surface area contributed by atoms with Crippen LogP contribution in [0.1, 0.15) is 27.0 Å². The van der Waals surface area contributed by atoms with Crippen LogP contribution in [0.5, 0.6) is 5.75 Å². The minimum absolute atomic E-state index is 0.193. The number of aryl methyl sites for hydroxylation is 1. The summed E-state index contributed by atoms with van der Waals surface area (Å²) < 4.78 is 5.71. The second kappa shape index (κ2) is 9.82. The van der Waals surface area contributed by atoms with Gasteiger partial charge in [0, 0.05) is 5.02 Å². The van der Waals surface area contributed by atoms with Crippen LogP contribution < -0.4 is 15.0 Å². The molecule has 0 spiro atoms. The number of imide groups is 2. The fourth-order valence-electron chi connectivity index (χ4n) is 3.35. The molecule has 8 nitrogen and oxygen atoms in total. The molecule has 4 amide bonds. The van der Waals surface area contributed by atoms with Crippen LogP contribution >= 0.6 is 11.6 Å². The highest BCUT2D eigenvalue weighted by atomic mass is 35.5. The minimum Gasteiger partial charge on any atom is -0.489 e. The number of rotatable bonds is 6. The van der Waals surface area contributed by atoms with E-state index in [1.54, 1.807) is 55.5 Å². The average molecular weight is 491 g/mol. The summed E-state index contributed by atoms with van der Waals surface area (Å²) in [7, 11) is 0. The predicted octanol–water partition coefficient (Wildman–Crippen LogP) is 4.59. The van der Waals surface area contributed by atoms with Crippen molar-refractivity contribution in [2.45, 2.75) is 13.5 Å². The first kappa shape index (κ1) is 23.7. The van der Waals surface area contributed by atoms with Crippen molar-refractivity contribution in [1.82, 2.24) is 5.32 Å². The van der Waals surface area contributed by atoms with E-state index < -0.39 is 23.8 Å². The second-order valence-corrected chi connectivity index (χ2v) is 8.16. The maximum absolute atomic E-state index is 13.0. The van der Waals surface area contributed by atoms with Gasteiger partial charge in [0.2, 0.25) is 0 Å². The Kier molecular flexibility index (Phi) is 6.66. The van der Waals surface area contributed by atoms with Crippen molar-refractivity contribution in [1.29, 1.82) is 0 Å². The van der Waals surface area contributed by atoms with E-state index in [0.29, 0.717) is 16.3 Å². The van der Waals surface area contributed by atoms with Crippen LogP contribution in [0.3, 0.4) is 0 Å². The highest BCUT2D eigenvalue weighted by molar-refractivity contribution is 6.39. The van der Waals surface area contributed by atoms with Gasteiger partial charge in [-0.2, -0.15) is 0 Å². The molecule has 1 heterocycles. The van der Waals surface area contributed by atoms with Gasteiger partial charge in [-0.1, -0.05) is 41.9 Å². The van der Waals surface area contributed by atoms with Gasteiger partial charge in [0.15, 0.2) is 0 Å². The van der Waals surface area contributed by atoms with Crippen LogP contribution in [0, 0.1) is 6.92 Å². The lowest BCUT2D eigenvalue weighted by Crippen LogP contribution is -2.54. The number of benzene rings is 3. The third-order valence-electron chi connectivity index (χ3n) is 5.31. The summed E-state index contributed by atoms with van der Waals surface area (Å²) in [5, 5.41) is 11.5. The number of hydrogen-bond donors (Lipinski definition) is 2. The van der Waals surface area contributed by atoms with Gasteiger partial charge < -0.3 is 9.84 Å². The van der Waals surface area contributed by atoms with E-state index in [0.717, 1.165) is 16.0 Å². The van der Waals surface area contributed by atoms with E-state index in [2.05, 4.69) is 5.32 Å². The highest BCUT2D eigenvalue weighted by Gasteiger charge is 2.36. The number of nitrogens with zero attached hydrogens (tertiary/aromatic N) is 1. The molecule has 0 aromatic heterocycles. The lowest BCUT2D eigenvalue weighted by molar-refractivity contribution is -0.122. The summed E-state index contributed by atoms with van der Waals surface area (Å²) in [6, 6.07) is 16.9. The molecule has 9 heteroatoms. The minimum atomic E-state index is -0.998. The summed E-state index contributed by atoms with van der Waals surface area (Å²) in [5.41, 5.74) is 2.38. The first-order valence-electron chi connectivity index (χ1n) is 10.5. The maximum Gasteiger partial charge on any atom is 0.335 e. The molecule has 0 atom stereocenters. The van der Waals surface area contributed by atoms with Gasteiger partial charge in [-0.25, -0.2) is 14.5 Å². The Morgan fingerprint density at radius 2 is 1.71 bits per heavy atom. The topological polar surface area (TPSA) is 113 Å². The SMILES string of the molecule is Cc1ccc(N2C(=O)NC(=O)/C(=C\c3ccc(OCc4ccc(C(=O)O)cc4)cc3)C2=O)cc1Cl. The highest BCUT2D eigenvalue weighted by Crippen LogP contribution is 2.27. The molecule has 35 heavy (non-hydrogen) atoms. The zero-order chi connectivity index (χ0) is 25.1. The van der Waals surface area contributed by atoms with Gasteiger partial charge in [-0.05, 0) is 66.1 Å². The maximum atomic E-state index is 13.0. The van der Waals surface area contributed by atoms with Gasteiger partial charge in [0.1, 0.15) is 17.9 Å². The monoisotopic (exact) mass is 490 g/mol. The second-order valence-electron chi connectivity index (χ2n) is 7.75. The molecular formula is C26H19ClN2O6. The van der Waals surface area contributed by atoms with E-state index in [1.165, 1.54) is 24.3 Å². The molecule has 0 unspecified atom stereocenters. The Morgan fingerprint density at radius 1 is 1.03 bits per heavy atom. The van der Waals surface area contributed by atoms with E-state index in [4.69, 9.17) is 21.4 Å².